The third-order valence-electron chi connectivity index (χ3n) is 4.07. The molecule has 0 unspecified atom stereocenters. The SMILES string of the molecule is CC(=O)Nc1cc(NC(=O)c2nn(C(C)C)c(=O)c3ccccc23)ccc1Cl. The van der Waals surface area contributed by atoms with Crippen LogP contribution in [0.3, 0.4) is 0 Å². The second-order valence-corrected chi connectivity index (χ2v) is 6.97. The number of hydrogen-bond acceptors (Lipinski definition) is 4. The Balaban J connectivity index is 2.04. The molecule has 7 nitrogen and oxygen atoms in total. The molecule has 1 aromatic heterocycles. The summed E-state index contributed by atoms with van der Waals surface area (Å²) in [6, 6.07) is 11.4. The van der Waals surface area contributed by atoms with Crippen LogP contribution < -0.4 is 16.2 Å². The number of amides is 2. The number of rotatable bonds is 4. The van der Waals surface area contributed by atoms with Crippen molar-refractivity contribution in [3.63, 3.8) is 0 Å². The second-order valence-electron chi connectivity index (χ2n) is 6.57. The van der Waals surface area contributed by atoms with Crippen molar-refractivity contribution >= 4 is 45.6 Å². The van der Waals surface area contributed by atoms with Gasteiger partial charge in [-0.2, -0.15) is 5.10 Å². The van der Waals surface area contributed by atoms with Gasteiger partial charge in [0.1, 0.15) is 0 Å². The van der Waals surface area contributed by atoms with E-state index in [0.717, 1.165) is 0 Å². The van der Waals surface area contributed by atoms with Gasteiger partial charge in [-0.05, 0) is 38.1 Å². The molecule has 0 aliphatic rings. The largest absolute Gasteiger partial charge is 0.325 e. The molecule has 0 atom stereocenters. The molecule has 144 valence electrons. The first-order chi connectivity index (χ1) is 13.3. The van der Waals surface area contributed by atoms with Crippen LogP contribution >= 0.6 is 11.6 Å². The molecule has 0 spiro atoms. The zero-order valence-corrected chi connectivity index (χ0v) is 16.4. The standard InChI is InChI=1S/C20H19ClN4O3/c1-11(2)25-20(28)15-7-5-4-6-14(15)18(24-25)19(27)23-13-8-9-16(21)17(10-13)22-12(3)26/h4-11H,1-3H3,(H,22,26)(H,23,27). The van der Waals surface area contributed by atoms with E-state index < -0.39 is 5.91 Å². The van der Waals surface area contributed by atoms with Crippen LogP contribution in [0.25, 0.3) is 10.8 Å². The number of hydrogen-bond donors (Lipinski definition) is 2. The summed E-state index contributed by atoms with van der Waals surface area (Å²) in [6.45, 7) is 5.01. The van der Waals surface area contributed by atoms with Crippen LogP contribution in [-0.2, 0) is 4.79 Å². The Morgan fingerprint density at radius 3 is 2.39 bits per heavy atom. The van der Waals surface area contributed by atoms with Crippen molar-refractivity contribution in [2.45, 2.75) is 26.8 Å². The number of carbonyl (C=O) groups excluding carboxylic acids is 2. The van der Waals surface area contributed by atoms with Crippen LogP contribution in [0.4, 0.5) is 11.4 Å². The molecule has 0 fully saturated rings. The highest BCUT2D eigenvalue weighted by molar-refractivity contribution is 6.33. The monoisotopic (exact) mass is 398 g/mol. The lowest BCUT2D eigenvalue weighted by Gasteiger charge is -2.14. The Hall–Kier alpha value is -3.19. The highest BCUT2D eigenvalue weighted by Crippen LogP contribution is 2.26. The number of carbonyl (C=O) groups is 2. The maximum atomic E-state index is 12.9. The Labute approximate surface area is 166 Å². The molecule has 0 radical (unpaired) electrons. The minimum Gasteiger partial charge on any atom is -0.325 e. The smallest absolute Gasteiger partial charge is 0.276 e. The normalized spacial score (nSPS) is 10.9. The van der Waals surface area contributed by atoms with Crippen molar-refractivity contribution in [1.29, 1.82) is 0 Å². The second kappa shape index (κ2) is 7.82. The lowest BCUT2D eigenvalue weighted by Crippen LogP contribution is -2.28. The van der Waals surface area contributed by atoms with Crippen LogP contribution in [0.15, 0.2) is 47.3 Å². The van der Waals surface area contributed by atoms with E-state index in [4.69, 9.17) is 11.6 Å². The summed E-state index contributed by atoms with van der Waals surface area (Å²) in [5, 5.41) is 10.9. The van der Waals surface area contributed by atoms with Gasteiger partial charge in [-0.3, -0.25) is 14.4 Å². The minimum absolute atomic E-state index is 0.139. The molecule has 3 aromatic rings. The first-order valence-corrected chi connectivity index (χ1v) is 9.05. The molecular weight excluding hydrogens is 380 g/mol. The van der Waals surface area contributed by atoms with Crippen molar-refractivity contribution < 1.29 is 9.59 Å². The number of nitrogens with zero attached hydrogens (tertiary/aromatic N) is 2. The Kier molecular flexibility index (Phi) is 5.46. The van der Waals surface area contributed by atoms with Crippen LogP contribution in [0.5, 0.6) is 0 Å². The summed E-state index contributed by atoms with van der Waals surface area (Å²) in [6.07, 6.45) is 0. The highest BCUT2D eigenvalue weighted by atomic mass is 35.5. The number of halogens is 1. The van der Waals surface area contributed by atoms with Gasteiger partial charge in [0.2, 0.25) is 5.91 Å². The van der Waals surface area contributed by atoms with Gasteiger partial charge in [0.15, 0.2) is 5.69 Å². The average Bonchev–Trinajstić information content (AvgIpc) is 2.64. The fraction of sp³-hybridized carbons (Fsp3) is 0.200. The summed E-state index contributed by atoms with van der Waals surface area (Å²) in [7, 11) is 0. The Morgan fingerprint density at radius 2 is 1.75 bits per heavy atom. The van der Waals surface area contributed by atoms with E-state index in [9.17, 15) is 14.4 Å². The number of aromatic nitrogens is 2. The third kappa shape index (κ3) is 3.89. The summed E-state index contributed by atoms with van der Waals surface area (Å²) in [4.78, 5) is 36.8. The van der Waals surface area contributed by atoms with Crippen molar-refractivity contribution in [1.82, 2.24) is 9.78 Å². The van der Waals surface area contributed by atoms with Crippen LogP contribution in [0, 0.1) is 0 Å². The fourth-order valence-electron chi connectivity index (χ4n) is 2.80. The fourth-order valence-corrected chi connectivity index (χ4v) is 2.97. The van der Waals surface area contributed by atoms with E-state index in [1.807, 2.05) is 13.8 Å². The predicted octanol–water partition coefficient (Wildman–Crippen LogP) is 3.84. The van der Waals surface area contributed by atoms with Gasteiger partial charge in [0.05, 0.1) is 22.1 Å². The molecule has 0 aliphatic carbocycles. The molecule has 2 amide bonds. The van der Waals surface area contributed by atoms with E-state index >= 15 is 0 Å². The molecule has 2 N–H and O–H groups in total. The van der Waals surface area contributed by atoms with Gasteiger partial charge in [-0.1, -0.05) is 29.8 Å². The molecule has 0 bridgehead atoms. The average molecular weight is 399 g/mol. The molecule has 0 aliphatic heterocycles. The predicted molar refractivity (Wildman–Crippen MR) is 110 cm³/mol. The zero-order chi connectivity index (χ0) is 20.4. The molecule has 0 saturated heterocycles. The summed E-state index contributed by atoms with van der Waals surface area (Å²) in [5.41, 5.74) is 0.713. The quantitative estimate of drug-likeness (QED) is 0.698. The summed E-state index contributed by atoms with van der Waals surface area (Å²) >= 11 is 6.07. The van der Waals surface area contributed by atoms with Crippen molar-refractivity contribution in [3.8, 4) is 0 Å². The molecule has 0 saturated carbocycles. The number of benzene rings is 2. The maximum absolute atomic E-state index is 12.9. The molecule has 2 aromatic carbocycles. The number of nitrogens with one attached hydrogen (secondary N) is 2. The van der Waals surface area contributed by atoms with Gasteiger partial charge < -0.3 is 10.6 Å². The van der Waals surface area contributed by atoms with E-state index in [1.165, 1.54) is 11.6 Å². The molecule has 1 heterocycles. The van der Waals surface area contributed by atoms with E-state index in [0.29, 0.717) is 27.2 Å². The van der Waals surface area contributed by atoms with Crippen molar-refractivity contribution in [2.75, 3.05) is 10.6 Å². The van der Waals surface area contributed by atoms with E-state index in [1.54, 1.807) is 42.5 Å². The van der Waals surface area contributed by atoms with Gasteiger partial charge in [0, 0.05) is 18.0 Å². The summed E-state index contributed by atoms with van der Waals surface area (Å²) < 4.78 is 1.29. The van der Waals surface area contributed by atoms with Gasteiger partial charge in [0.25, 0.3) is 11.5 Å². The Morgan fingerprint density at radius 1 is 1.07 bits per heavy atom. The van der Waals surface area contributed by atoms with Crippen LogP contribution in [-0.4, -0.2) is 21.6 Å². The molecule has 28 heavy (non-hydrogen) atoms. The minimum atomic E-state index is -0.471. The maximum Gasteiger partial charge on any atom is 0.276 e. The molecule has 8 heteroatoms. The van der Waals surface area contributed by atoms with E-state index in [2.05, 4.69) is 15.7 Å². The van der Waals surface area contributed by atoms with Crippen molar-refractivity contribution in [3.05, 3.63) is 63.5 Å². The van der Waals surface area contributed by atoms with Crippen LogP contribution in [0.2, 0.25) is 5.02 Å². The van der Waals surface area contributed by atoms with Gasteiger partial charge >= 0.3 is 0 Å². The third-order valence-corrected chi connectivity index (χ3v) is 4.40. The number of anilines is 2. The number of fused-ring (bicyclic) bond motifs is 1. The summed E-state index contributed by atoms with van der Waals surface area (Å²) in [5.74, 6) is -0.747. The first-order valence-electron chi connectivity index (χ1n) is 8.68. The lowest BCUT2D eigenvalue weighted by molar-refractivity contribution is -0.114. The topological polar surface area (TPSA) is 93.1 Å². The zero-order valence-electron chi connectivity index (χ0n) is 15.6. The first kappa shape index (κ1) is 19.6. The Bertz CT molecular complexity index is 1140. The van der Waals surface area contributed by atoms with Gasteiger partial charge in [-0.15, -0.1) is 0 Å². The molecule has 3 rings (SSSR count). The van der Waals surface area contributed by atoms with Crippen molar-refractivity contribution in [2.24, 2.45) is 0 Å². The van der Waals surface area contributed by atoms with Gasteiger partial charge in [-0.25, -0.2) is 4.68 Å². The lowest BCUT2D eigenvalue weighted by atomic mass is 10.1. The highest BCUT2D eigenvalue weighted by Gasteiger charge is 2.18. The van der Waals surface area contributed by atoms with Crippen LogP contribution in [0.1, 0.15) is 37.3 Å². The van der Waals surface area contributed by atoms with E-state index in [-0.39, 0.29) is 23.2 Å². The molecular formula is C20H19ClN4O3.